The van der Waals surface area contributed by atoms with Crippen LogP contribution >= 0.6 is 35.3 Å². The van der Waals surface area contributed by atoms with Crippen LogP contribution in [-0.2, 0) is 21.3 Å². The summed E-state index contributed by atoms with van der Waals surface area (Å²) in [5.74, 6) is 0.849. The maximum absolute atomic E-state index is 12.8. The summed E-state index contributed by atoms with van der Waals surface area (Å²) in [6.45, 7) is 9.73. The molecule has 0 aromatic carbocycles. The fourth-order valence-electron chi connectivity index (χ4n) is 3.04. The normalized spacial score (nSPS) is 15.5. The number of hydrogen-bond donors (Lipinski definition) is 1. The first-order valence-electron chi connectivity index (χ1n) is 10.3. The zero-order chi connectivity index (χ0) is 21.1. The van der Waals surface area contributed by atoms with E-state index >= 15 is 0 Å². The van der Waals surface area contributed by atoms with Crippen LogP contribution in [0.3, 0.4) is 0 Å². The fraction of sp³-hybridized carbons (Fsp3) is 0.650. The number of guanidine groups is 1. The molecule has 0 bridgehead atoms. The second-order valence-electron chi connectivity index (χ2n) is 6.97. The van der Waals surface area contributed by atoms with Crippen LogP contribution in [-0.4, -0.2) is 70.0 Å². The Kier molecular flexibility index (Phi) is 13.1. The summed E-state index contributed by atoms with van der Waals surface area (Å²) in [6.07, 6.45) is 6.47. The smallest absolute Gasteiger partial charge is 0.252 e. The van der Waals surface area contributed by atoms with E-state index in [-0.39, 0.29) is 24.0 Å². The minimum atomic E-state index is -3.44. The molecule has 7 nitrogen and oxygen atoms in total. The van der Waals surface area contributed by atoms with Crippen molar-refractivity contribution in [2.45, 2.75) is 43.4 Å². The van der Waals surface area contributed by atoms with E-state index < -0.39 is 10.0 Å². The Hall–Kier alpha value is -0.690. The summed E-state index contributed by atoms with van der Waals surface area (Å²) < 4.78 is 32.7. The molecule has 10 heteroatoms. The molecule has 0 unspecified atom stereocenters. The predicted molar refractivity (Wildman–Crippen MR) is 135 cm³/mol. The zero-order valence-electron chi connectivity index (χ0n) is 18.0. The average molecular weight is 571 g/mol. The maximum Gasteiger partial charge on any atom is 0.252 e. The van der Waals surface area contributed by atoms with E-state index in [2.05, 4.69) is 16.8 Å². The Morgan fingerprint density at radius 3 is 2.73 bits per heavy atom. The number of halogens is 1. The molecule has 30 heavy (non-hydrogen) atoms. The number of allylic oxidation sites excluding steroid dienone is 1. The molecule has 0 aliphatic carbocycles. The van der Waals surface area contributed by atoms with Crippen molar-refractivity contribution >= 4 is 51.3 Å². The summed E-state index contributed by atoms with van der Waals surface area (Å²) in [4.78, 5) is 7.78. The van der Waals surface area contributed by atoms with Crippen LogP contribution in [0.25, 0.3) is 0 Å². The summed E-state index contributed by atoms with van der Waals surface area (Å²) in [5, 5.41) is 3.32. The topological polar surface area (TPSA) is 74.2 Å². The Morgan fingerprint density at radius 2 is 2.07 bits per heavy atom. The Bertz CT molecular complexity index is 762. The van der Waals surface area contributed by atoms with Crippen molar-refractivity contribution in [1.82, 2.24) is 14.5 Å². The van der Waals surface area contributed by atoms with Crippen molar-refractivity contribution < 1.29 is 13.2 Å². The van der Waals surface area contributed by atoms with Crippen molar-refractivity contribution in [3.05, 3.63) is 29.7 Å². The van der Waals surface area contributed by atoms with E-state index in [1.807, 2.05) is 26.1 Å². The molecule has 0 atom stereocenters. The molecule has 1 saturated heterocycles. The molecule has 0 radical (unpaired) electrons. The third kappa shape index (κ3) is 8.45. The number of ether oxygens (including phenoxy) is 1. The van der Waals surface area contributed by atoms with Gasteiger partial charge >= 0.3 is 0 Å². The fourth-order valence-corrected chi connectivity index (χ4v) is 5.88. The van der Waals surface area contributed by atoms with Crippen LogP contribution in [0.4, 0.5) is 0 Å². The molecule has 1 N–H and O–H groups in total. The summed E-state index contributed by atoms with van der Waals surface area (Å²) in [5.41, 5.74) is 0. The van der Waals surface area contributed by atoms with E-state index in [0.717, 1.165) is 36.8 Å². The van der Waals surface area contributed by atoms with Crippen molar-refractivity contribution in [2.24, 2.45) is 4.99 Å². The SMILES string of the molecule is C=CCCCCCN(C)C(=NCc1ccc(S(=O)(=O)N2CCOCC2)s1)NCC.I. The van der Waals surface area contributed by atoms with E-state index in [4.69, 9.17) is 9.73 Å². The molecule has 1 aliphatic rings. The van der Waals surface area contributed by atoms with Gasteiger partial charge in [0.15, 0.2) is 5.96 Å². The van der Waals surface area contributed by atoms with E-state index in [9.17, 15) is 8.42 Å². The lowest BCUT2D eigenvalue weighted by molar-refractivity contribution is 0.0731. The third-order valence-corrected chi connectivity index (χ3v) is 8.12. The standard InChI is InChI=1S/C20H34N4O3S2.HI/c1-4-6-7-8-9-12-23(3)20(21-5-2)22-17-18-10-11-19(28-18)29(25,26)24-13-15-27-16-14-24;/h4,10-11H,1,5-9,12-17H2,2-3H3,(H,21,22);1H. The third-order valence-electron chi connectivity index (χ3n) is 4.68. The average Bonchev–Trinajstić information content (AvgIpc) is 3.21. The number of sulfonamides is 1. The molecule has 1 aromatic rings. The highest BCUT2D eigenvalue weighted by molar-refractivity contribution is 14.0. The summed E-state index contributed by atoms with van der Waals surface area (Å²) >= 11 is 1.30. The Labute approximate surface area is 202 Å². The Balaban J connectivity index is 0.00000450. The first kappa shape index (κ1) is 27.3. The van der Waals surface area contributed by atoms with E-state index in [1.165, 1.54) is 28.5 Å². The largest absolute Gasteiger partial charge is 0.379 e. The number of nitrogens with zero attached hydrogens (tertiary/aromatic N) is 3. The van der Waals surface area contributed by atoms with Crippen molar-refractivity contribution in [3.8, 4) is 0 Å². The van der Waals surface area contributed by atoms with Gasteiger partial charge in [0.05, 0.1) is 19.8 Å². The van der Waals surface area contributed by atoms with Crippen LogP contribution in [0.1, 0.15) is 37.5 Å². The monoisotopic (exact) mass is 570 g/mol. The highest BCUT2D eigenvalue weighted by Crippen LogP contribution is 2.26. The first-order valence-corrected chi connectivity index (χ1v) is 12.5. The van der Waals surface area contributed by atoms with Crippen LogP contribution in [0.2, 0.25) is 0 Å². The second-order valence-corrected chi connectivity index (χ2v) is 10.3. The quantitative estimate of drug-likeness (QED) is 0.145. The lowest BCUT2D eigenvalue weighted by Crippen LogP contribution is -2.40. The van der Waals surface area contributed by atoms with E-state index in [0.29, 0.717) is 37.1 Å². The van der Waals surface area contributed by atoms with E-state index in [1.54, 1.807) is 6.07 Å². The van der Waals surface area contributed by atoms with Crippen LogP contribution < -0.4 is 5.32 Å². The van der Waals surface area contributed by atoms with Gasteiger partial charge in [-0.05, 0) is 38.3 Å². The van der Waals surface area contributed by atoms with Crippen molar-refractivity contribution in [3.63, 3.8) is 0 Å². The molecule has 0 spiro atoms. The lowest BCUT2D eigenvalue weighted by Gasteiger charge is -2.25. The maximum atomic E-state index is 12.8. The molecule has 0 amide bonds. The molecule has 2 heterocycles. The van der Waals surface area contributed by atoms with Gasteiger partial charge in [0.25, 0.3) is 10.0 Å². The van der Waals surface area contributed by atoms with Gasteiger partial charge in [-0.1, -0.05) is 12.5 Å². The molecule has 0 saturated carbocycles. The van der Waals surface area contributed by atoms with Gasteiger partial charge in [-0.25, -0.2) is 13.4 Å². The molecule has 1 fully saturated rings. The van der Waals surface area contributed by atoms with Gasteiger partial charge in [0, 0.05) is 38.1 Å². The number of rotatable bonds is 11. The van der Waals surface area contributed by atoms with Gasteiger partial charge in [-0.2, -0.15) is 4.31 Å². The first-order chi connectivity index (χ1) is 14.0. The molecule has 1 aromatic heterocycles. The lowest BCUT2D eigenvalue weighted by atomic mass is 10.2. The molecule has 2 rings (SSSR count). The molecular formula is C20H35IN4O3S2. The summed E-state index contributed by atoms with van der Waals surface area (Å²) in [6, 6.07) is 3.55. The number of nitrogens with one attached hydrogen (secondary N) is 1. The van der Waals surface area contributed by atoms with Gasteiger partial charge in [0.2, 0.25) is 0 Å². The Morgan fingerprint density at radius 1 is 1.33 bits per heavy atom. The molecule has 172 valence electrons. The number of thiophene rings is 1. The molecule has 1 aliphatic heterocycles. The minimum absolute atomic E-state index is 0. The predicted octanol–water partition coefficient (Wildman–Crippen LogP) is 3.53. The minimum Gasteiger partial charge on any atom is -0.379 e. The molecular weight excluding hydrogens is 535 g/mol. The van der Waals surface area contributed by atoms with Crippen LogP contribution in [0.15, 0.2) is 34.0 Å². The van der Waals surface area contributed by atoms with Crippen LogP contribution in [0, 0.1) is 0 Å². The second kappa shape index (κ2) is 14.4. The summed E-state index contributed by atoms with van der Waals surface area (Å²) in [7, 11) is -1.40. The number of unbranched alkanes of at least 4 members (excludes halogenated alkanes) is 3. The highest BCUT2D eigenvalue weighted by Gasteiger charge is 2.27. The number of hydrogen-bond acceptors (Lipinski definition) is 5. The highest BCUT2D eigenvalue weighted by atomic mass is 127. The number of aliphatic imine (C=N–C) groups is 1. The van der Waals surface area contributed by atoms with Gasteiger partial charge in [0.1, 0.15) is 4.21 Å². The van der Waals surface area contributed by atoms with Gasteiger partial charge in [-0.15, -0.1) is 41.9 Å². The van der Waals surface area contributed by atoms with Crippen molar-refractivity contribution in [2.75, 3.05) is 46.4 Å². The van der Waals surface area contributed by atoms with Gasteiger partial charge < -0.3 is 15.0 Å². The van der Waals surface area contributed by atoms with Crippen LogP contribution in [0.5, 0.6) is 0 Å². The van der Waals surface area contributed by atoms with Crippen molar-refractivity contribution in [1.29, 1.82) is 0 Å². The zero-order valence-corrected chi connectivity index (χ0v) is 22.0. The number of morpholine rings is 1. The van der Waals surface area contributed by atoms with Gasteiger partial charge in [-0.3, -0.25) is 0 Å².